The van der Waals surface area contributed by atoms with Crippen LogP contribution in [0.15, 0.2) is 54.3 Å². The van der Waals surface area contributed by atoms with Crippen LogP contribution in [0.1, 0.15) is 38.7 Å². The van der Waals surface area contributed by atoms with Gasteiger partial charge in [0.05, 0.1) is 22.8 Å². The minimum atomic E-state index is -0.212. The number of hydrogen-bond donors (Lipinski definition) is 1. The Balaban J connectivity index is 1.43. The van der Waals surface area contributed by atoms with Gasteiger partial charge < -0.3 is 4.90 Å². The maximum Gasteiger partial charge on any atom is 0.258 e. The number of pyridine rings is 1. The van der Waals surface area contributed by atoms with Crippen LogP contribution >= 0.6 is 11.3 Å². The van der Waals surface area contributed by atoms with Gasteiger partial charge in [-0.15, -0.1) is 11.3 Å². The molecule has 0 radical (unpaired) electrons. The van der Waals surface area contributed by atoms with E-state index in [-0.39, 0.29) is 17.7 Å². The molecule has 1 aromatic carbocycles. The maximum absolute atomic E-state index is 13.0. The molecule has 156 valence electrons. The van der Waals surface area contributed by atoms with Gasteiger partial charge in [0.15, 0.2) is 5.13 Å². The Hall–Kier alpha value is -3.59. The molecule has 5 rings (SSSR count). The van der Waals surface area contributed by atoms with Gasteiger partial charge in [0.1, 0.15) is 0 Å². The van der Waals surface area contributed by atoms with Gasteiger partial charge in [-0.2, -0.15) is 5.10 Å². The zero-order chi connectivity index (χ0) is 21.4. The van der Waals surface area contributed by atoms with E-state index in [1.807, 2.05) is 40.6 Å². The number of benzene rings is 1. The number of amides is 2. The molecular weight excluding hydrogens is 412 g/mol. The second kappa shape index (κ2) is 7.92. The van der Waals surface area contributed by atoms with Gasteiger partial charge in [-0.25, -0.2) is 4.98 Å². The van der Waals surface area contributed by atoms with E-state index >= 15 is 0 Å². The third kappa shape index (κ3) is 3.79. The van der Waals surface area contributed by atoms with E-state index in [0.717, 1.165) is 23.0 Å². The second-order valence-corrected chi connectivity index (χ2v) is 8.44. The van der Waals surface area contributed by atoms with E-state index in [1.165, 1.54) is 11.3 Å². The molecule has 1 aliphatic rings. The van der Waals surface area contributed by atoms with Crippen molar-refractivity contribution in [2.45, 2.75) is 12.3 Å². The number of thiazole rings is 1. The van der Waals surface area contributed by atoms with Crippen LogP contribution in [0.4, 0.5) is 5.13 Å². The van der Waals surface area contributed by atoms with Crippen molar-refractivity contribution >= 4 is 39.2 Å². The normalized spacial score (nSPS) is 16.0. The van der Waals surface area contributed by atoms with Gasteiger partial charge in [-0.05, 0) is 18.6 Å². The lowest BCUT2D eigenvalue weighted by atomic mass is 9.99. The molecule has 2 amide bonds. The van der Waals surface area contributed by atoms with Crippen molar-refractivity contribution in [1.82, 2.24) is 24.6 Å². The summed E-state index contributed by atoms with van der Waals surface area (Å²) in [5.41, 5.74) is 2.73. The molecule has 4 heterocycles. The van der Waals surface area contributed by atoms with Gasteiger partial charge in [-0.3, -0.25) is 24.6 Å². The van der Waals surface area contributed by atoms with E-state index in [2.05, 4.69) is 15.4 Å². The number of hydrogen-bond acceptors (Lipinski definition) is 6. The summed E-state index contributed by atoms with van der Waals surface area (Å²) in [6.45, 7) is 1.21. The molecule has 0 saturated carbocycles. The van der Waals surface area contributed by atoms with Gasteiger partial charge in [-0.1, -0.05) is 18.2 Å². The summed E-state index contributed by atoms with van der Waals surface area (Å²) >= 11 is 1.37. The maximum atomic E-state index is 13.0. The quantitative estimate of drug-likeness (QED) is 0.534. The largest absolute Gasteiger partial charge is 0.338 e. The average Bonchev–Trinajstić information content (AvgIpc) is 3.54. The van der Waals surface area contributed by atoms with Gasteiger partial charge >= 0.3 is 0 Å². The van der Waals surface area contributed by atoms with Crippen LogP contribution in [-0.2, 0) is 7.05 Å². The Morgan fingerprint density at radius 1 is 1.26 bits per heavy atom. The van der Waals surface area contributed by atoms with Crippen LogP contribution in [-0.4, -0.2) is 49.6 Å². The second-order valence-electron chi connectivity index (χ2n) is 7.54. The molecule has 0 spiro atoms. The highest BCUT2D eigenvalue weighted by Gasteiger charge is 2.30. The zero-order valence-electron chi connectivity index (χ0n) is 16.9. The number of anilines is 1. The molecule has 1 N–H and O–H groups in total. The molecule has 1 aliphatic heterocycles. The Kier molecular flexibility index (Phi) is 4.95. The number of para-hydroxylation sites is 1. The number of likely N-dealkylation sites (tertiary alicyclic amines) is 1. The number of rotatable bonds is 4. The molecule has 0 aliphatic carbocycles. The van der Waals surface area contributed by atoms with Crippen LogP contribution in [0.25, 0.3) is 10.9 Å². The lowest BCUT2D eigenvalue weighted by Gasteiger charge is -2.16. The van der Waals surface area contributed by atoms with Crippen LogP contribution in [0.3, 0.4) is 0 Å². The Morgan fingerprint density at radius 2 is 2.13 bits per heavy atom. The summed E-state index contributed by atoms with van der Waals surface area (Å²) in [5, 5.41) is 10.1. The summed E-state index contributed by atoms with van der Waals surface area (Å²) in [6.07, 6.45) is 5.77. The molecule has 9 heteroatoms. The summed E-state index contributed by atoms with van der Waals surface area (Å²) in [6, 6.07) is 9.47. The zero-order valence-corrected chi connectivity index (χ0v) is 17.7. The van der Waals surface area contributed by atoms with Crippen LogP contribution in [0, 0.1) is 0 Å². The number of nitrogens with zero attached hydrogens (tertiary/aromatic N) is 5. The first-order valence-corrected chi connectivity index (χ1v) is 10.8. The summed E-state index contributed by atoms with van der Waals surface area (Å²) in [4.78, 5) is 36.6. The SMILES string of the molecule is Cn1cc(C(=O)N2CC[C@@H](c3cc(C(=O)Nc4nccs4)c4ccccc4n3)C2)cn1. The highest BCUT2D eigenvalue weighted by atomic mass is 32.1. The van der Waals surface area contributed by atoms with Gasteiger partial charge in [0.25, 0.3) is 11.8 Å². The fourth-order valence-corrected chi connectivity index (χ4v) is 4.47. The minimum Gasteiger partial charge on any atom is -0.338 e. The fourth-order valence-electron chi connectivity index (χ4n) is 3.94. The number of carbonyl (C=O) groups is 2. The van der Waals surface area contributed by atoms with E-state index in [4.69, 9.17) is 4.98 Å². The van der Waals surface area contributed by atoms with Crippen molar-refractivity contribution in [1.29, 1.82) is 0 Å². The van der Waals surface area contributed by atoms with Crippen molar-refractivity contribution in [3.63, 3.8) is 0 Å². The average molecular weight is 433 g/mol. The molecule has 0 bridgehead atoms. The van der Waals surface area contributed by atoms with Crippen molar-refractivity contribution < 1.29 is 9.59 Å². The monoisotopic (exact) mass is 432 g/mol. The predicted octanol–water partition coefficient (Wildman–Crippen LogP) is 3.31. The smallest absolute Gasteiger partial charge is 0.258 e. The molecule has 3 aromatic heterocycles. The first-order valence-electron chi connectivity index (χ1n) is 9.97. The first-order chi connectivity index (χ1) is 15.1. The Morgan fingerprint density at radius 3 is 2.90 bits per heavy atom. The van der Waals surface area contributed by atoms with Crippen LogP contribution < -0.4 is 5.32 Å². The minimum absolute atomic E-state index is 0.0295. The third-order valence-corrected chi connectivity index (χ3v) is 6.17. The Labute approximate surface area is 182 Å². The number of aryl methyl sites for hydroxylation is 1. The standard InChI is InChI=1S/C22H20N6O2S/c1-27-12-15(11-24-27)21(30)28-8-6-14(13-28)19-10-17(16-4-2-3-5-18(16)25-19)20(29)26-22-23-7-9-31-22/h2-5,7,9-12,14H,6,8,13H2,1H3,(H,23,26,29)/t14-/m1/s1. The molecule has 1 atom stereocenters. The molecule has 4 aromatic rings. The topological polar surface area (TPSA) is 93.0 Å². The molecular formula is C22H20N6O2S. The van der Waals surface area contributed by atoms with Gasteiger partial charge in [0.2, 0.25) is 0 Å². The van der Waals surface area contributed by atoms with E-state index < -0.39 is 0 Å². The third-order valence-electron chi connectivity index (χ3n) is 5.48. The molecule has 8 nitrogen and oxygen atoms in total. The predicted molar refractivity (Wildman–Crippen MR) is 118 cm³/mol. The number of aromatic nitrogens is 4. The Bertz CT molecular complexity index is 1270. The van der Waals surface area contributed by atoms with Crippen molar-refractivity contribution in [3.8, 4) is 0 Å². The number of fused-ring (bicyclic) bond motifs is 1. The number of carbonyl (C=O) groups excluding carboxylic acids is 2. The van der Waals surface area contributed by atoms with Gasteiger partial charge in [0, 0.05) is 54.9 Å². The lowest BCUT2D eigenvalue weighted by Crippen LogP contribution is -2.28. The van der Waals surface area contributed by atoms with E-state index in [1.54, 1.807) is 30.3 Å². The molecule has 1 saturated heterocycles. The molecule has 31 heavy (non-hydrogen) atoms. The van der Waals surface area contributed by atoms with E-state index in [9.17, 15) is 9.59 Å². The highest BCUT2D eigenvalue weighted by molar-refractivity contribution is 7.13. The highest BCUT2D eigenvalue weighted by Crippen LogP contribution is 2.30. The summed E-state index contributed by atoms with van der Waals surface area (Å²) < 4.78 is 1.62. The first kappa shape index (κ1) is 19.4. The van der Waals surface area contributed by atoms with Crippen molar-refractivity contribution in [3.05, 3.63) is 71.1 Å². The fraction of sp³-hybridized carbons (Fsp3) is 0.227. The number of nitrogens with one attached hydrogen (secondary N) is 1. The van der Waals surface area contributed by atoms with Crippen molar-refractivity contribution in [2.24, 2.45) is 7.05 Å². The van der Waals surface area contributed by atoms with Crippen LogP contribution in [0.2, 0.25) is 0 Å². The lowest BCUT2D eigenvalue weighted by molar-refractivity contribution is 0.0790. The summed E-state index contributed by atoms with van der Waals surface area (Å²) in [5.74, 6) is -0.175. The molecule has 0 unspecified atom stereocenters. The van der Waals surface area contributed by atoms with Crippen molar-refractivity contribution in [2.75, 3.05) is 18.4 Å². The summed E-state index contributed by atoms with van der Waals surface area (Å²) in [7, 11) is 1.79. The molecule has 1 fully saturated rings. The van der Waals surface area contributed by atoms with Crippen LogP contribution in [0.5, 0.6) is 0 Å². The van der Waals surface area contributed by atoms with E-state index in [0.29, 0.717) is 29.3 Å².